The number of hydrogen-bond acceptors (Lipinski definition) is 3. The van der Waals surface area contributed by atoms with Crippen molar-refractivity contribution in [3.63, 3.8) is 0 Å². The lowest BCUT2D eigenvalue weighted by Gasteiger charge is -2.48. The fourth-order valence-electron chi connectivity index (χ4n) is 4.59. The molecule has 0 radical (unpaired) electrons. The lowest BCUT2D eigenvalue weighted by molar-refractivity contribution is -0.149. The van der Waals surface area contributed by atoms with Gasteiger partial charge in [-0.15, -0.1) is 0 Å². The van der Waals surface area contributed by atoms with Crippen molar-refractivity contribution in [3.8, 4) is 0 Å². The number of amides is 1. The van der Waals surface area contributed by atoms with Gasteiger partial charge < -0.3 is 15.5 Å². The Kier molecular flexibility index (Phi) is 3.81. The van der Waals surface area contributed by atoms with Gasteiger partial charge in [-0.3, -0.25) is 9.59 Å². The molecule has 0 fully saturated rings. The lowest BCUT2D eigenvalue weighted by Crippen LogP contribution is -2.50. The van der Waals surface area contributed by atoms with Crippen LogP contribution in [0.5, 0.6) is 0 Å². The van der Waals surface area contributed by atoms with Gasteiger partial charge in [0.05, 0.1) is 18.4 Å². The Morgan fingerprint density at radius 3 is 1.68 bits per heavy atom. The van der Waals surface area contributed by atoms with Crippen LogP contribution in [0.1, 0.15) is 34.1 Å². The molecule has 0 heterocycles. The molecule has 1 amide bonds. The van der Waals surface area contributed by atoms with Crippen molar-refractivity contribution in [3.05, 3.63) is 70.8 Å². The van der Waals surface area contributed by atoms with Crippen molar-refractivity contribution in [2.45, 2.75) is 11.8 Å². The van der Waals surface area contributed by atoms with E-state index in [0.717, 1.165) is 22.3 Å². The first-order valence-corrected chi connectivity index (χ1v) is 8.44. The van der Waals surface area contributed by atoms with Gasteiger partial charge in [0.1, 0.15) is 0 Å². The number of rotatable bonds is 4. The Balaban J connectivity index is 1.92. The third kappa shape index (κ3) is 2.27. The molecule has 5 rings (SSSR count). The molecule has 2 aromatic rings. The molecule has 0 saturated carbocycles. The molecule has 5 heteroatoms. The van der Waals surface area contributed by atoms with Crippen LogP contribution in [0, 0.1) is 11.8 Å². The van der Waals surface area contributed by atoms with Crippen LogP contribution in [0.25, 0.3) is 0 Å². The number of nitrogens with one attached hydrogen (secondary N) is 1. The molecule has 3 N–H and O–H groups in total. The molecule has 3 aliphatic carbocycles. The van der Waals surface area contributed by atoms with Gasteiger partial charge in [-0.25, -0.2) is 0 Å². The zero-order valence-electron chi connectivity index (χ0n) is 13.6. The highest BCUT2D eigenvalue weighted by Crippen LogP contribution is 2.58. The molecule has 2 atom stereocenters. The largest absolute Gasteiger partial charge is 0.481 e. The molecule has 2 bridgehead atoms. The summed E-state index contributed by atoms with van der Waals surface area (Å²) in [6, 6.07) is 15.6. The van der Waals surface area contributed by atoms with E-state index in [-0.39, 0.29) is 30.9 Å². The predicted molar refractivity (Wildman–Crippen MR) is 91.3 cm³/mol. The molecular weight excluding hydrogens is 318 g/mol. The monoisotopic (exact) mass is 337 g/mol. The molecular formula is C20H19NO4. The molecule has 3 aliphatic rings. The van der Waals surface area contributed by atoms with E-state index in [2.05, 4.69) is 5.32 Å². The van der Waals surface area contributed by atoms with Gasteiger partial charge >= 0.3 is 5.97 Å². The average Bonchev–Trinajstić information content (AvgIpc) is 2.65. The normalized spacial score (nSPS) is 25.8. The SMILES string of the molecule is O=C(O)C1C2c3ccccc3C(c3ccccc32)C1C(=O)NCCO. The first-order chi connectivity index (χ1) is 12.1. The smallest absolute Gasteiger partial charge is 0.308 e. The van der Waals surface area contributed by atoms with Gasteiger partial charge in [-0.2, -0.15) is 0 Å². The second-order valence-electron chi connectivity index (χ2n) is 6.62. The van der Waals surface area contributed by atoms with Crippen LogP contribution in [0.2, 0.25) is 0 Å². The summed E-state index contributed by atoms with van der Waals surface area (Å²) >= 11 is 0. The number of carbonyl (C=O) groups excluding carboxylic acids is 1. The molecule has 0 aliphatic heterocycles. The topological polar surface area (TPSA) is 86.6 Å². The summed E-state index contributed by atoms with van der Waals surface area (Å²) in [5, 5.41) is 21.6. The fourth-order valence-corrected chi connectivity index (χ4v) is 4.59. The van der Waals surface area contributed by atoms with E-state index in [9.17, 15) is 14.7 Å². The van der Waals surface area contributed by atoms with Crippen molar-refractivity contribution in [2.75, 3.05) is 13.2 Å². The summed E-state index contributed by atoms with van der Waals surface area (Å²) in [5.41, 5.74) is 4.08. The van der Waals surface area contributed by atoms with Crippen molar-refractivity contribution < 1.29 is 19.8 Å². The molecule has 128 valence electrons. The van der Waals surface area contributed by atoms with Crippen molar-refractivity contribution >= 4 is 11.9 Å². The molecule has 0 spiro atoms. The fraction of sp³-hybridized carbons (Fsp3) is 0.300. The zero-order chi connectivity index (χ0) is 17.6. The summed E-state index contributed by atoms with van der Waals surface area (Å²) in [6.07, 6.45) is 0. The number of carboxylic acids is 1. The van der Waals surface area contributed by atoms with Crippen molar-refractivity contribution in [1.82, 2.24) is 5.32 Å². The van der Waals surface area contributed by atoms with Crippen LogP contribution in [0.4, 0.5) is 0 Å². The Morgan fingerprint density at radius 1 is 0.840 bits per heavy atom. The maximum atomic E-state index is 12.8. The Bertz CT molecular complexity index is 800. The quantitative estimate of drug-likeness (QED) is 0.793. The van der Waals surface area contributed by atoms with Crippen LogP contribution >= 0.6 is 0 Å². The molecule has 0 aromatic heterocycles. The zero-order valence-corrected chi connectivity index (χ0v) is 13.6. The number of aliphatic carboxylic acids is 1. The summed E-state index contributed by atoms with van der Waals surface area (Å²) in [7, 11) is 0. The van der Waals surface area contributed by atoms with Crippen molar-refractivity contribution in [1.29, 1.82) is 0 Å². The number of aliphatic hydroxyl groups excluding tert-OH is 1. The number of hydrogen-bond donors (Lipinski definition) is 3. The number of fused-ring (bicyclic) bond motifs is 1. The van der Waals surface area contributed by atoms with E-state index >= 15 is 0 Å². The van der Waals surface area contributed by atoms with E-state index in [4.69, 9.17) is 5.11 Å². The lowest BCUT2D eigenvalue weighted by atomic mass is 9.54. The average molecular weight is 337 g/mol. The van der Waals surface area contributed by atoms with Gasteiger partial charge in [0.15, 0.2) is 0 Å². The maximum absolute atomic E-state index is 12.8. The van der Waals surface area contributed by atoms with Crippen LogP contribution in [-0.2, 0) is 9.59 Å². The first kappa shape index (κ1) is 15.8. The molecule has 2 aromatic carbocycles. The third-order valence-electron chi connectivity index (χ3n) is 5.44. The number of carboxylic acid groups (broad SMARTS) is 1. The Hall–Kier alpha value is -2.66. The van der Waals surface area contributed by atoms with Gasteiger partial charge in [0.2, 0.25) is 5.91 Å². The summed E-state index contributed by atoms with van der Waals surface area (Å²) in [4.78, 5) is 24.9. The van der Waals surface area contributed by atoms with Gasteiger partial charge in [-0.1, -0.05) is 48.5 Å². The van der Waals surface area contributed by atoms with E-state index in [1.807, 2.05) is 48.5 Å². The van der Waals surface area contributed by atoms with E-state index < -0.39 is 17.8 Å². The summed E-state index contributed by atoms with van der Waals surface area (Å²) in [6.45, 7) is -0.0418. The predicted octanol–water partition coefficient (Wildman–Crippen LogP) is 1.70. The van der Waals surface area contributed by atoms with Crippen LogP contribution in [0.15, 0.2) is 48.5 Å². The van der Waals surface area contributed by atoms with E-state index in [1.54, 1.807) is 0 Å². The second kappa shape index (κ2) is 6.01. The van der Waals surface area contributed by atoms with Gasteiger partial charge in [0.25, 0.3) is 0 Å². The standard InChI is InChI=1S/C20H19NO4/c22-10-9-21-19(23)17-15-11-5-1-3-7-13(11)16(18(17)20(24)25)14-8-4-2-6-12(14)15/h1-8,15-18,22H,9-10H2,(H,21,23)(H,24,25). The van der Waals surface area contributed by atoms with Crippen LogP contribution in [-0.4, -0.2) is 35.2 Å². The Morgan fingerprint density at radius 2 is 1.28 bits per heavy atom. The summed E-state index contributed by atoms with van der Waals surface area (Å²) in [5.74, 6) is -3.37. The number of carbonyl (C=O) groups is 2. The van der Waals surface area contributed by atoms with E-state index in [0.29, 0.717) is 0 Å². The minimum atomic E-state index is -0.955. The van der Waals surface area contributed by atoms with Crippen molar-refractivity contribution in [2.24, 2.45) is 11.8 Å². The highest BCUT2D eigenvalue weighted by Gasteiger charge is 2.55. The molecule has 2 unspecified atom stereocenters. The number of aliphatic hydroxyl groups is 1. The Labute approximate surface area is 145 Å². The summed E-state index contributed by atoms with van der Waals surface area (Å²) < 4.78 is 0. The maximum Gasteiger partial charge on any atom is 0.308 e. The molecule has 5 nitrogen and oxygen atoms in total. The van der Waals surface area contributed by atoms with Crippen LogP contribution in [0.3, 0.4) is 0 Å². The second-order valence-corrected chi connectivity index (χ2v) is 6.62. The molecule has 25 heavy (non-hydrogen) atoms. The van der Waals surface area contributed by atoms with Gasteiger partial charge in [0, 0.05) is 18.4 Å². The van der Waals surface area contributed by atoms with Crippen LogP contribution < -0.4 is 5.32 Å². The van der Waals surface area contributed by atoms with E-state index in [1.165, 1.54) is 0 Å². The highest BCUT2D eigenvalue weighted by atomic mass is 16.4. The molecule has 0 saturated heterocycles. The third-order valence-corrected chi connectivity index (χ3v) is 5.44. The highest BCUT2D eigenvalue weighted by molar-refractivity contribution is 5.89. The number of benzene rings is 2. The minimum absolute atomic E-state index is 0.127. The van der Waals surface area contributed by atoms with Gasteiger partial charge in [-0.05, 0) is 22.3 Å². The minimum Gasteiger partial charge on any atom is -0.481 e. The first-order valence-electron chi connectivity index (χ1n) is 8.44.